The highest BCUT2D eigenvalue weighted by Gasteiger charge is 2.39. The summed E-state index contributed by atoms with van der Waals surface area (Å²) < 4.78 is 5.86. The summed E-state index contributed by atoms with van der Waals surface area (Å²) in [5.74, 6) is 0.157. The number of hydrogen-bond acceptors (Lipinski definition) is 3. The van der Waals surface area contributed by atoms with Crippen molar-refractivity contribution in [3.8, 4) is 11.5 Å². The molecular formula is C22H16ClNO3. The van der Waals surface area contributed by atoms with Crippen LogP contribution in [0.2, 0.25) is 5.02 Å². The fraction of sp³-hybridized carbons (Fsp3) is 0.0909. The molecule has 1 heterocycles. The molecule has 3 aromatic carbocycles. The van der Waals surface area contributed by atoms with Crippen LogP contribution in [0.15, 0.2) is 66.7 Å². The third-order valence-corrected chi connectivity index (χ3v) is 4.77. The van der Waals surface area contributed by atoms with Crippen LogP contribution < -0.4 is 9.64 Å². The summed E-state index contributed by atoms with van der Waals surface area (Å²) >= 11 is 5.90. The van der Waals surface area contributed by atoms with Crippen molar-refractivity contribution < 1.29 is 14.3 Å². The van der Waals surface area contributed by atoms with E-state index in [1.165, 1.54) is 4.90 Å². The Morgan fingerprint density at radius 2 is 1.59 bits per heavy atom. The van der Waals surface area contributed by atoms with Crippen LogP contribution in [0, 0.1) is 0 Å². The molecule has 0 fully saturated rings. The molecule has 5 heteroatoms. The number of carbonyl (C=O) groups is 2. The van der Waals surface area contributed by atoms with E-state index in [2.05, 4.69) is 6.92 Å². The summed E-state index contributed by atoms with van der Waals surface area (Å²) in [5.41, 5.74) is 2.31. The number of rotatable bonds is 4. The predicted octanol–water partition coefficient (Wildman–Crippen LogP) is 5.50. The SMILES string of the molecule is CCc1ccc(N2C(=O)c3cccc(Oc4ccc(Cl)cc4)c3C2=O)cc1. The molecule has 0 unspecified atom stereocenters. The Balaban J connectivity index is 1.71. The van der Waals surface area contributed by atoms with Gasteiger partial charge in [-0.2, -0.15) is 0 Å². The van der Waals surface area contributed by atoms with Crippen LogP contribution in [-0.2, 0) is 6.42 Å². The lowest BCUT2D eigenvalue weighted by molar-refractivity contribution is 0.0925. The lowest BCUT2D eigenvalue weighted by Crippen LogP contribution is -2.29. The van der Waals surface area contributed by atoms with Gasteiger partial charge in [-0.1, -0.05) is 36.7 Å². The number of carbonyl (C=O) groups excluding carboxylic acids is 2. The standard InChI is InChI=1S/C22H16ClNO3/c1-2-14-6-10-16(11-7-14)24-21(25)18-4-3-5-19(20(18)22(24)26)27-17-12-8-15(23)9-13-17/h3-13H,2H2,1H3. The van der Waals surface area contributed by atoms with Gasteiger partial charge < -0.3 is 4.74 Å². The van der Waals surface area contributed by atoms with Crippen LogP contribution in [0.4, 0.5) is 5.69 Å². The first-order valence-corrected chi connectivity index (χ1v) is 9.00. The van der Waals surface area contributed by atoms with Gasteiger partial charge in [0.05, 0.1) is 16.8 Å². The van der Waals surface area contributed by atoms with Crippen LogP contribution in [0.1, 0.15) is 33.2 Å². The smallest absolute Gasteiger partial charge is 0.269 e. The number of nitrogens with zero attached hydrogens (tertiary/aromatic N) is 1. The second-order valence-electron chi connectivity index (χ2n) is 6.20. The average molecular weight is 378 g/mol. The van der Waals surface area contributed by atoms with Gasteiger partial charge in [0.1, 0.15) is 11.5 Å². The quantitative estimate of drug-likeness (QED) is 0.564. The maximum absolute atomic E-state index is 13.0. The summed E-state index contributed by atoms with van der Waals surface area (Å²) in [4.78, 5) is 27.1. The van der Waals surface area contributed by atoms with Gasteiger partial charge >= 0.3 is 0 Å². The van der Waals surface area contributed by atoms with E-state index in [0.29, 0.717) is 27.8 Å². The van der Waals surface area contributed by atoms with Gasteiger partial charge in [-0.3, -0.25) is 9.59 Å². The number of imide groups is 1. The Bertz CT molecular complexity index is 1030. The van der Waals surface area contributed by atoms with Crippen LogP contribution in [0.25, 0.3) is 0 Å². The molecule has 0 aromatic heterocycles. The van der Waals surface area contributed by atoms with Crippen LogP contribution >= 0.6 is 11.6 Å². The van der Waals surface area contributed by atoms with Crippen molar-refractivity contribution in [3.05, 3.63) is 88.4 Å². The van der Waals surface area contributed by atoms with Gasteiger partial charge in [-0.25, -0.2) is 4.90 Å². The Hall–Kier alpha value is -3.11. The number of fused-ring (bicyclic) bond motifs is 1. The lowest BCUT2D eigenvalue weighted by Gasteiger charge is -2.14. The van der Waals surface area contributed by atoms with Gasteiger partial charge in [0, 0.05) is 5.02 Å². The third-order valence-electron chi connectivity index (χ3n) is 4.52. The van der Waals surface area contributed by atoms with E-state index in [0.717, 1.165) is 12.0 Å². The zero-order valence-corrected chi connectivity index (χ0v) is 15.4. The van der Waals surface area contributed by atoms with E-state index in [1.807, 2.05) is 12.1 Å². The molecule has 3 aromatic rings. The molecule has 0 saturated carbocycles. The van der Waals surface area contributed by atoms with Crippen molar-refractivity contribution in [2.75, 3.05) is 4.90 Å². The van der Waals surface area contributed by atoms with E-state index < -0.39 is 0 Å². The van der Waals surface area contributed by atoms with Crippen molar-refractivity contribution in [3.63, 3.8) is 0 Å². The van der Waals surface area contributed by atoms with E-state index >= 15 is 0 Å². The molecule has 4 rings (SSSR count). The fourth-order valence-corrected chi connectivity index (χ4v) is 3.21. The molecule has 0 radical (unpaired) electrons. The second-order valence-corrected chi connectivity index (χ2v) is 6.64. The van der Waals surface area contributed by atoms with Crippen LogP contribution in [-0.4, -0.2) is 11.8 Å². The minimum atomic E-state index is -0.385. The van der Waals surface area contributed by atoms with Crippen LogP contribution in [0.3, 0.4) is 0 Å². The molecular weight excluding hydrogens is 362 g/mol. The second kappa shape index (κ2) is 6.89. The molecule has 0 bridgehead atoms. The number of aryl methyl sites for hydroxylation is 1. The highest BCUT2D eigenvalue weighted by molar-refractivity contribution is 6.35. The fourth-order valence-electron chi connectivity index (χ4n) is 3.08. The monoisotopic (exact) mass is 377 g/mol. The third kappa shape index (κ3) is 3.09. The van der Waals surface area contributed by atoms with Crippen LogP contribution in [0.5, 0.6) is 11.5 Å². The highest BCUT2D eigenvalue weighted by atomic mass is 35.5. The van der Waals surface area contributed by atoms with Crippen molar-refractivity contribution in [1.29, 1.82) is 0 Å². The molecule has 0 N–H and O–H groups in total. The number of amides is 2. The number of halogens is 1. The van der Waals surface area contributed by atoms with Gasteiger partial charge in [0.2, 0.25) is 0 Å². The molecule has 0 atom stereocenters. The van der Waals surface area contributed by atoms with Gasteiger partial charge in [-0.15, -0.1) is 0 Å². The number of hydrogen-bond donors (Lipinski definition) is 0. The number of ether oxygens (including phenoxy) is 1. The molecule has 0 aliphatic carbocycles. The van der Waals surface area contributed by atoms with Crippen molar-refractivity contribution in [1.82, 2.24) is 0 Å². The maximum atomic E-state index is 13.0. The molecule has 1 aliphatic rings. The summed E-state index contributed by atoms with van der Waals surface area (Å²) in [5, 5.41) is 0.591. The molecule has 1 aliphatic heterocycles. The van der Waals surface area contributed by atoms with Gasteiger partial charge in [0.25, 0.3) is 11.8 Å². The molecule has 0 saturated heterocycles. The van der Waals surface area contributed by atoms with Crippen molar-refractivity contribution in [2.24, 2.45) is 0 Å². The molecule has 0 spiro atoms. The minimum Gasteiger partial charge on any atom is -0.457 e. The average Bonchev–Trinajstić information content (AvgIpc) is 2.95. The van der Waals surface area contributed by atoms with Crippen molar-refractivity contribution >= 4 is 29.1 Å². The van der Waals surface area contributed by atoms with Gasteiger partial charge in [0.15, 0.2) is 0 Å². The maximum Gasteiger partial charge on any atom is 0.269 e. The van der Waals surface area contributed by atoms with Gasteiger partial charge in [-0.05, 0) is 60.5 Å². The number of benzene rings is 3. The van der Waals surface area contributed by atoms with E-state index in [-0.39, 0.29) is 17.4 Å². The Kier molecular flexibility index (Phi) is 4.42. The lowest BCUT2D eigenvalue weighted by atomic mass is 10.1. The first kappa shape index (κ1) is 17.3. The first-order valence-electron chi connectivity index (χ1n) is 8.62. The Morgan fingerprint density at radius 1 is 0.889 bits per heavy atom. The first-order chi connectivity index (χ1) is 13.1. The van der Waals surface area contributed by atoms with E-state index in [9.17, 15) is 9.59 Å². The summed E-state index contributed by atoms with van der Waals surface area (Å²) in [6, 6.07) is 19.3. The largest absolute Gasteiger partial charge is 0.457 e. The predicted molar refractivity (Wildman–Crippen MR) is 105 cm³/mol. The Morgan fingerprint density at radius 3 is 2.26 bits per heavy atom. The zero-order chi connectivity index (χ0) is 19.0. The molecule has 4 nitrogen and oxygen atoms in total. The molecule has 134 valence electrons. The van der Waals surface area contributed by atoms with E-state index in [1.54, 1.807) is 54.6 Å². The summed E-state index contributed by atoms with van der Waals surface area (Å²) in [6.07, 6.45) is 0.890. The summed E-state index contributed by atoms with van der Waals surface area (Å²) in [6.45, 7) is 2.05. The highest BCUT2D eigenvalue weighted by Crippen LogP contribution is 2.36. The normalized spacial score (nSPS) is 13.0. The summed E-state index contributed by atoms with van der Waals surface area (Å²) in [7, 11) is 0. The zero-order valence-electron chi connectivity index (χ0n) is 14.6. The number of anilines is 1. The van der Waals surface area contributed by atoms with Crippen molar-refractivity contribution in [2.45, 2.75) is 13.3 Å². The molecule has 2 amide bonds. The topological polar surface area (TPSA) is 46.6 Å². The Labute approximate surface area is 161 Å². The molecule has 27 heavy (non-hydrogen) atoms. The minimum absolute atomic E-state index is 0.275. The van der Waals surface area contributed by atoms with E-state index in [4.69, 9.17) is 16.3 Å².